The standard InChI is InChI=1S/C16H14ClN3O/c1-2-15-19-13-8-11(16(18)21)12(17)9-14(13)20(15)10-6-4-3-5-7-10/h3-9H,2H2,1H3,(H2,18,21). The third-order valence-electron chi connectivity index (χ3n) is 3.41. The van der Waals surface area contributed by atoms with Crippen LogP contribution in [0.2, 0.25) is 5.02 Å². The molecule has 0 aliphatic heterocycles. The molecular weight excluding hydrogens is 286 g/mol. The molecule has 21 heavy (non-hydrogen) atoms. The number of benzene rings is 2. The van der Waals surface area contributed by atoms with Crippen molar-refractivity contribution in [2.45, 2.75) is 13.3 Å². The van der Waals surface area contributed by atoms with E-state index >= 15 is 0 Å². The van der Waals surface area contributed by atoms with Gasteiger partial charge < -0.3 is 5.73 Å². The molecule has 0 radical (unpaired) electrons. The van der Waals surface area contributed by atoms with E-state index < -0.39 is 5.91 Å². The summed E-state index contributed by atoms with van der Waals surface area (Å²) in [5, 5.41) is 0.342. The highest BCUT2D eigenvalue weighted by atomic mass is 35.5. The molecule has 4 nitrogen and oxygen atoms in total. The summed E-state index contributed by atoms with van der Waals surface area (Å²) < 4.78 is 2.05. The molecule has 1 amide bonds. The lowest BCUT2D eigenvalue weighted by Gasteiger charge is -2.08. The zero-order valence-electron chi connectivity index (χ0n) is 11.5. The molecule has 0 aliphatic carbocycles. The number of aromatic nitrogens is 2. The minimum atomic E-state index is -0.547. The Hall–Kier alpha value is -2.33. The fraction of sp³-hybridized carbons (Fsp3) is 0.125. The van der Waals surface area contributed by atoms with Crippen LogP contribution < -0.4 is 5.73 Å². The number of hydrogen-bond donors (Lipinski definition) is 1. The molecule has 0 aliphatic rings. The highest BCUT2D eigenvalue weighted by Crippen LogP contribution is 2.27. The van der Waals surface area contributed by atoms with E-state index in [1.54, 1.807) is 12.1 Å². The molecule has 0 fully saturated rings. The summed E-state index contributed by atoms with van der Waals surface area (Å²) in [7, 11) is 0. The largest absolute Gasteiger partial charge is 0.366 e. The van der Waals surface area contributed by atoms with Crippen LogP contribution in [0.3, 0.4) is 0 Å². The number of para-hydroxylation sites is 1. The van der Waals surface area contributed by atoms with Gasteiger partial charge >= 0.3 is 0 Å². The van der Waals surface area contributed by atoms with Gasteiger partial charge in [-0.1, -0.05) is 36.7 Å². The second kappa shape index (κ2) is 5.22. The number of carbonyl (C=O) groups excluding carboxylic acids is 1. The van der Waals surface area contributed by atoms with Crippen LogP contribution in [0.1, 0.15) is 23.1 Å². The Balaban J connectivity index is 2.34. The molecule has 3 rings (SSSR count). The van der Waals surface area contributed by atoms with Crippen molar-refractivity contribution in [2.24, 2.45) is 5.73 Å². The van der Waals surface area contributed by atoms with E-state index in [-0.39, 0.29) is 0 Å². The Morgan fingerprint density at radius 1 is 1.29 bits per heavy atom. The number of fused-ring (bicyclic) bond motifs is 1. The van der Waals surface area contributed by atoms with Gasteiger partial charge in [0.05, 0.1) is 21.6 Å². The van der Waals surface area contributed by atoms with E-state index in [4.69, 9.17) is 17.3 Å². The normalized spacial score (nSPS) is 11.0. The average Bonchev–Trinajstić information content (AvgIpc) is 2.84. The van der Waals surface area contributed by atoms with Crippen LogP contribution >= 0.6 is 11.6 Å². The van der Waals surface area contributed by atoms with Gasteiger partial charge in [-0.2, -0.15) is 0 Å². The molecule has 1 aromatic heterocycles. The van der Waals surface area contributed by atoms with E-state index in [1.807, 2.05) is 41.8 Å². The summed E-state index contributed by atoms with van der Waals surface area (Å²) >= 11 is 6.17. The fourth-order valence-corrected chi connectivity index (χ4v) is 2.69. The maximum absolute atomic E-state index is 11.4. The number of primary amides is 1. The average molecular weight is 300 g/mol. The molecule has 0 unspecified atom stereocenters. The Morgan fingerprint density at radius 2 is 2.00 bits per heavy atom. The van der Waals surface area contributed by atoms with Crippen molar-refractivity contribution < 1.29 is 4.79 Å². The van der Waals surface area contributed by atoms with Gasteiger partial charge in [-0.25, -0.2) is 4.98 Å². The van der Waals surface area contributed by atoms with E-state index in [2.05, 4.69) is 4.98 Å². The van der Waals surface area contributed by atoms with Crippen LogP contribution in [0.5, 0.6) is 0 Å². The van der Waals surface area contributed by atoms with Gasteiger partial charge in [0.25, 0.3) is 0 Å². The number of aryl methyl sites for hydroxylation is 1. The van der Waals surface area contributed by atoms with Gasteiger partial charge in [0.15, 0.2) is 0 Å². The summed E-state index contributed by atoms with van der Waals surface area (Å²) in [6.45, 7) is 2.04. The Bertz CT molecular complexity index is 824. The molecule has 0 saturated heterocycles. The first kappa shape index (κ1) is 13.6. The SMILES string of the molecule is CCc1nc2cc(C(N)=O)c(Cl)cc2n1-c1ccccc1. The summed E-state index contributed by atoms with van der Waals surface area (Å²) in [6, 6.07) is 13.3. The molecule has 1 heterocycles. The third kappa shape index (κ3) is 2.28. The smallest absolute Gasteiger partial charge is 0.250 e. The van der Waals surface area contributed by atoms with Crippen LogP contribution in [0, 0.1) is 0 Å². The number of amides is 1. The predicted molar refractivity (Wildman–Crippen MR) is 84.0 cm³/mol. The zero-order chi connectivity index (χ0) is 15.0. The van der Waals surface area contributed by atoms with Crippen molar-refractivity contribution in [3.05, 3.63) is 58.9 Å². The van der Waals surface area contributed by atoms with E-state index in [1.165, 1.54) is 0 Å². The summed E-state index contributed by atoms with van der Waals surface area (Å²) in [5.74, 6) is 0.364. The topological polar surface area (TPSA) is 60.9 Å². The second-order valence-corrected chi connectivity index (χ2v) is 5.14. The molecular formula is C16H14ClN3O. The van der Waals surface area contributed by atoms with Gasteiger partial charge in [-0.3, -0.25) is 9.36 Å². The number of rotatable bonds is 3. The number of hydrogen-bond acceptors (Lipinski definition) is 2. The van der Waals surface area contributed by atoms with Gasteiger partial charge in [-0.05, 0) is 24.3 Å². The van der Waals surface area contributed by atoms with Crippen molar-refractivity contribution in [1.29, 1.82) is 0 Å². The predicted octanol–water partition coefficient (Wildman–Crippen LogP) is 3.34. The maximum atomic E-state index is 11.4. The first-order valence-corrected chi connectivity index (χ1v) is 7.05. The molecule has 0 bridgehead atoms. The molecule has 0 saturated carbocycles. The molecule has 106 valence electrons. The van der Waals surface area contributed by atoms with Crippen LogP contribution in [-0.2, 0) is 6.42 Å². The lowest BCUT2D eigenvalue weighted by molar-refractivity contribution is 0.100. The Morgan fingerprint density at radius 3 is 2.62 bits per heavy atom. The Labute approximate surface area is 127 Å². The van der Waals surface area contributed by atoms with Gasteiger partial charge in [0.1, 0.15) is 5.82 Å². The molecule has 5 heteroatoms. The quantitative estimate of drug-likeness (QED) is 0.806. The van der Waals surface area contributed by atoms with Gasteiger partial charge in [0.2, 0.25) is 5.91 Å². The first-order chi connectivity index (χ1) is 10.1. The van der Waals surface area contributed by atoms with Gasteiger partial charge in [0, 0.05) is 12.1 Å². The molecule has 3 aromatic rings. The fourth-order valence-electron chi connectivity index (χ4n) is 2.44. The van der Waals surface area contributed by atoms with Crippen molar-refractivity contribution >= 4 is 28.5 Å². The van der Waals surface area contributed by atoms with Crippen molar-refractivity contribution in [3.63, 3.8) is 0 Å². The number of imidazole rings is 1. The second-order valence-electron chi connectivity index (χ2n) is 4.74. The summed E-state index contributed by atoms with van der Waals surface area (Å²) in [6.07, 6.45) is 0.771. The summed E-state index contributed by atoms with van der Waals surface area (Å²) in [4.78, 5) is 16.0. The van der Waals surface area contributed by atoms with E-state index in [0.717, 1.165) is 23.4 Å². The van der Waals surface area contributed by atoms with Crippen molar-refractivity contribution in [1.82, 2.24) is 9.55 Å². The number of halogens is 1. The van der Waals surface area contributed by atoms with Crippen molar-refractivity contribution in [3.8, 4) is 5.69 Å². The number of carbonyl (C=O) groups is 1. The molecule has 2 aromatic carbocycles. The van der Waals surface area contributed by atoms with Crippen LogP contribution in [0.15, 0.2) is 42.5 Å². The minimum Gasteiger partial charge on any atom is -0.366 e. The Kier molecular flexibility index (Phi) is 3.39. The monoisotopic (exact) mass is 299 g/mol. The molecule has 0 atom stereocenters. The highest BCUT2D eigenvalue weighted by molar-refractivity contribution is 6.34. The van der Waals surface area contributed by atoms with Crippen molar-refractivity contribution in [2.75, 3.05) is 0 Å². The van der Waals surface area contributed by atoms with Gasteiger partial charge in [-0.15, -0.1) is 0 Å². The van der Waals surface area contributed by atoms with Crippen LogP contribution in [-0.4, -0.2) is 15.5 Å². The number of nitrogens with zero attached hydrogens (tertiary/aromatic N) is 2. The minimum absolute atomic E-state index is 0.296. The van der Waals surface area contributed by atoms with E-state index in [0.29, 0.717) is 16.1 Å². The third-order valence-corrected chi connectivity index (χ3v) is 3.72. The van der Waals surface area contributed by atoms with Crippen LogP contribution in [0.4, 0.5) is 0 Å². The van der Waals surface area contributed by atoms with E-state index in [9.17, 15) is 4.79 Å². The zero-order valence-corrected chi connectivity index (χ0v) is 12.3. The highest BCUT2D eigenvalue weighted by Gasteiger charge is 2.15. The molecule has 0 spiro atoms. The molecule has 2 N–H and O–H groups in total. The van der Waals surface area contributed by atoms with Crippen LogP contribution in [0.25, 0.3) is 16.7 Å². The summed E-state index contributed by atoms with van der Waals surface area (Å²) in [5.41, 5.74) is 8.23. The lowest BCUT2D eigenvalue weighted by atomic mass is 10.2. The first-order valence-electron chi connectivity index (χ1n) is 6.68. The lowest BCUT2D eigenvalue weighted by Crippen LogP contribution is -2.11. The maximum Gasteiger partial charge on any atom is 0.250 e. The number of nitrogens with two attached hydrogens (primary N) is 1.